The van der Waals surface area contributed by atoms with Crippen LogP contribution in [0, 0.1) is 6.92 Å². The van der Waals surface area contributed by atoms with Crippen molar-refractivity contribution in [2.75, 3.05) is 23.7 Å². The summed E-state index contributed by atoms with van der Waals surface area (Å²) in [5, 5.41) is 9.14. The Balaban J connectivity index is 2.02. The standard InChI is InChI=1S/C18H22N4O3/c1-4-10-22(12-17(23)20-16-11-13(3)25-21-16)18(24)19-15-9-7-6-8-14(15)5-2/h4,6-9,11H,1,5,10,12H2,2-3H3,(H,19,24)(H,20,21,23). The molecule has 2 N–H and O–H groups in total. The molecule has 7 heteroatoms. The number of hydrogen-bond acceptors (Lipinski definition) is 4. The second kappa shape index (κ2) is 8.68. The van der Waals surface area contributed by atoms with Gasteiger partial charge in [-0.1, -0.05) is 36.4 Å². The first kappa shape index (κ1) is 18.3. The molecule has 0 spiro atoms. The quantitative estimate of drug-likeness (QED) is 0.756. The Hall–Kier alpha value is -3.09. The highest BCUT2D eigenvalue weighted by atomic mass is 16.5. The van der Waals surface area contributed by atoms with Crippen molar-refractivity contribution in [3.63, 3.8) is 0 Å². The molecule has 2 aromatic rings. The molecule has 1 heterocycles. The van der Waals surface area contributed by atoms with Gasteiger partial charge in [-0.3, -0.25) is 4.79 Å². The van der Waals surface area contributed by atoms with Crippen molar-refractivity contribution in [2.24, 2.45) is 0 Å². The van der Waals surface area contributed by atoms with Crippen LogP contribution in [0.1, 0.15) is 18.2 Å². The first-order valence-corrected chi connectivity index (χ1v) is 8.01. The highest BCUT2D eigenvalue weighted by Crippen LogP contribution is 2.16. The number of hydrogen-bond donors (Lipinski definition) is 2. The SMILES string of the molecule is C=CCN(CC(=O)Nc1cc(C)on1)C(=O)Nc1ccccc1CC. The van der Waals surface area contributed by atoms with Crippen molar-refractivity contribution in [3.05, 3.63) is 54.3 Å². The zero-order valence-electron chi connectivity index (χ0n) is 14.4. The molecule has 1 aromatic carbocycles. The molecular weight excluding hydrogens is 320 g/mol. The number of rotatable bonds is 7. The molecular formula is C18H22N4O3. The Labute approximate surface area is 146 Å². The van der Waals surface area contributed by atoms with Gasteiger partial charge in [-0.25, -0.2) is 4.79 Å². The van der Waals surface area contributed by atoms with Crippen LogP contribution in [-0.2, 0) is 11.2 Å². The number of nitrogens with zero attached hydrogens (tertiary/aromatic N) is 2. The Morgan fingerprint density at radius 2 is 2.08 bits per heavy atom. The maximum atomic E-state index is 12.5. The lowest BCUT2D eigenvalue weighted by molar-refractivity contribution is -0.116. The average Bonchev–Trinajstić information content (AvgIpc) is 2.99. The molecule has 2 rings (SSSR count). The Kier molecular flexibility index (Phi) is 6.33. The number of carbonyl (C=O) groups is 2. The molecule has 0 aliphatic heterocycles. The summed E-state index contributed by atoms with van der Waals surface area (Å²) < 4.78 is 4.90. The predicted octanol–water partition coefficient (Wildman–Crippen LogP) is 3.20. The number of aromatic nitrogens is 1. The van der Waals surface area contributed by atoms with E-state index in [2.05, 4.69) is 22.4 Å². The van der Waals surface area contributed by atoms with Gasteiger partial charge in [0.05, 0.1) is 0 Å². The van der Waals surface area contributed by atoms with Gasteiger partial charge in [0.1, 0.15) is 12.3 Å². The summed E-state index contributed by atoms with van der Waals surface area (Å²) in [4.78, 5) is 26.0. The molecule has 0 saturated carbocycles. The van der Waals surface area contributed by atoms with Crippen molar-refractivity contribution in [1.29, 1.82) is 0 Å². The molecule has 0 atom stereocenters. The Bertz CT molecular complexity index is 754. The molecule has 0 bridgehead atoms. The monoisotopic (exact) mass is 342 g/mol. The molecule has 3 amide bonds. The largest absolute Gasteiger partial charge is 0.360 e. The van der Waals surface area contributed by atoms with E-state index in [1.165, 1.54) is 4.90 Å². The number of nitrogens with one attached hydrogen (secondary N) is 2. The zero-order valence-corrected chi connectivity index (χ0v) is 14.4. The molecule has 0 unspecified atom stereocenters. The van der Waals surface area contributed by atoms with Gasteiger partial charge >= 0.3 is 6.03 Å². The van der Waals surface area contributed by atoms with Crippen LogP contribution in [0.4, 0.5) is 16.3 Å². The normalized spacial score (nSPS) is 10.2. The van der Waals surface area contributed by atoms with Crippen molar-refractivity contribution in [1.82, 2.24) is 10.1 Å². The second-order valence-electron chi connectivity index (χ2n) is 5.48. The third-order valence-electron chi connectivity index (χ3n) is 3.51. The number of amides is 3. The van der Waals surface area contributed by atoms with Crippen LogP contribution in [0.3, 0.4) is 0 Å². The van der Waals surface area contributed by atoms with Crippen LogP contribution in [0.2, 0.25) is 0 Å². The van der Waals surface area contributed by atoms with E-state index in [1.807, 2.05) is 31.2 Å². The summed E-state index contributed by atoms with van der Waals surface area (Å²) >= 11 is 0. The van der Waals surface area contributed by atoms with Crippen molar-refractivity contribution < 1.29 is 14.1 Å². The van der Waals surface area contributed by atoms with Gasteiger partial charge in [0.25, 0.3) is 0 Å². The van der Waals surface area contributed by atoms with Gasteiger partial charge in [-0.15, -0.1) is 6.58 Å². The first-order chi connectivity index (χ1) is 12.0. The third-order valence-corrected chi connectivity index (χ3v) is 3.51. The van der Waals surface area contributed by atoms with Gasteiger partial charge < -0.3 is 20.1 Å². The second-order valence-corrected chi connectivity index (χ2v) is 5.48. The van der Waals surface area contributed by atoms with Crippen LogP contribution in [0.25, 0.3) is 0 Å². The van der Waals surface area contributed by atoms with E-state index in [-0.39, 0.29) is 25.0 Å². The number of benzene rings is 1. The fraction of sp³-hybridized carbons (Fsp3) is 0.278. The van der Waals surface area contributed by atoms with E-state index in [4.69, 9.17) is 4.52 Å². The number of urea groups is 1. The van der Waals surface area contributed by atoms with Gasteiger partial charge in [0, 0.05) is 18.3 Å². The molecule has 7 nitrogen and oxygen atoms in total. The van der Waals surface area contributed by atoms with E-state index >= 15 is 0 Å². The van der Waals surface area contributed by atoms with Crippen LogP contribution >= 0.6 is 0 Å². The molecule has 0 aliphatic carbocycles. The van der Waals surface area contributed by atoms with Crippen molar-refractivity contribution in [3.8, 4) is 0 Å². The van der Waals surface area contributed by atoms with Gasteiger partial charge in [-0.05, 0) is 25.0 Å². The van der Waals surface area contributed by atoms with E-state index in [0.717, 1.165) is 17.7 Å². The minimum Gasteiger partial charge on any atom is -0.360 e. The van der Waals surface area contributed by atoms with E-state index in [1.54, 1.807) is 19.1 Å². The van der Waals surface area contributed by atoms with Crippen LogP contribution in [0.5, 0.6) is 0 Å². The lowest BCUT2D eigenvalue weighted by atomic mass is 10.1. The van der Waals surface area contributed by atoms with Crippen LogP contribution in [-0.4, -0.2) is 35.1 Å². The van der Waals surface area contributed by atoms with Gasteiger partial charge in [-0.2, -0.15) is 0 Å². The van der Waals surface area contributed by atoms with Crippen molar-refractivity contribution >= 4 is 23.4 Å². The number of anilines is 2. The van der Waals surface area contributed by atoms with Gasteiger partial charge in [0.15, 0.2) is 5.82 Å². The molecule has 132 valence electrons. The number of carbonyl (C=O) groups excluding carboxylic acids is 2. The topological polar surface area (TPSA) is 87.5 Å². The average molecular weight is 342 g/mol. The Morgan fingerprint density at radius 3 is 2.72 bits per heavy atom. The van der Waals surface area contributed by atoms with Crippen LogP contribution in [0.15, 0.2) is 47.5 Å². The molecule has 0 fully saturated rings. The maximum Gasteiger partial charge on any atom is 0.322 e. The van der Waals surface area contributed by atoms with E-state index in [9.17, 15) is 9.59 Å². The van der Waals surface area contributed by atoms with E-state index in [0.29, 0.717) is 11.6 Å². The molecule has 1 aromatic heterocycles. The fourth-order valence-corrected chi connectivity index (χ4v) is 2.30. The lowest BCUT2D eigenvalue weighted by Gasteiger charge is -2.21. The highest BCUT2D eigenvalue weighted by Gasteiger charge is 2.18. The number of aryl methyl sites for hydroxylation is 2. The zero-order chi connectivity index (χ0) is 18.2. The smallest absolute Gasteiger partial charge is 0.322 e. The molecule has 0 radical (unpaired) electrons. The number of para-hydroxylation sites is 1. The maximum absolute atomic E-state index is 12.5. The fourth-order valence-electron chi connectivity index (χ4n) is 2.30. The van der Waals surface area contributed by atoms with Gasteiger partial charge in [0.2, 0.25) is 5.91 Å². The molecule has 25 heavy (non-hydrogen) atoms. The van der Waals surface area contributed by atoms with Crippen molar-refractivity contribution in [2.45, 2.75) is 20.3 Å². The summed E-state index contributed by atoms with van der Waals surface area (Å²) in [7, 11) is 0. The summed E-state index contributed by atoms with van der Waals surface area (Å²) in [5.74, 6) is 0.541. The predicted molar refractivity (Wildman–Crippen MR) is 96.5 cm³/mol. The summed E-state index contributed by atoms with van der Waals surface area (Å²) in [6.45, 7) is 7.49. The van der Waals surface area contributed by atoms with Crippen LogP contribution < -0.4 is 10.6 Å². The van der Waals surface area contributed by atoms with E-state index < -0.39 is 0 Å². The summed E-state index contributed by atoms with van der Waals surface area (Å²) in [6, 6.07) is 8.80. The lowest BCUT2D eigenvalue weighted by Crippen LogP contribution is -2.40. The Morgan fingerprint density at radius 1 is 1.32 bits per heavy atom. The summed E-state index contributed by atoms with van der Waals surface area (Å²) in [6.07, 6.45) is 2.36. The molecule has 0 saturated heterocycles. The molecule has 0 aliphatic rings. The minimum atomic E-state index is -0.368. The minimum absolute atomic E-state index is 0.127. The first-order valence-electron chi connectivity index (χ1n) is 8.01. The summed E-state index contributed by atoms with van der Waals surface area (Å²) in [5.41, 5.74) is 1.76. The highest BCUT2D eigenvalue weighted by molar-refractivity contribution is 5.96. The third kappa shape index (κ3) is 5.20.